The highest BCUT2D eigenvalue weighted by Crippen LogP contribution is 2.35. The summed E-state index contributed by atoms with van der Waals surface area (Å²) < 4.78 is 6.24. The van der Waals surface area contributed by atoms with Crippen molar-refractivity contribution in [2.45, 2.75) is 71.5 Å². The molecule has 1 aliphatic heterocycles. The predicted octanol–water partition coefficient (Wildman–Crippen LogP) is 3.40. The van der Waals surface area contributed by atoms with Crippen LogP contribution in [0.25, 0.3) is 0 Å². The van der Waals surface area contributed by atoms with E-state index in [1.807, 2.05) is 32.0 Å². The fraction of sp³-hybridized carbons (Fsp3) is 0.520. The monoisotopic (exact) mass is 452 g/mol. The number of fused-ring (bicyclic) bond motifs is 1. The smallest absolute Gasteiger partial charge is 0.358 e. The summed E-state index contributed by atoms with van der Waals surface area (Å²) >= 11 is 0. The second-order valence-electron chi connectivity index (χ2n) is 9.70. The summed E-state index contributed by atoms with van der Waals surface area (Å²) in [6.07, 6.45) is 4.01. The van der Waals surface area contributed by atoms with Crippen LogP contribution in [0.2, 0.25) is 0 Å². The maximum atomic E-state index is 13.8. The van der Waals surface area contributed by atoms with Crippen molar-refractivity contribution in [1.29, 1.82) is 0 Å². The van der Waals surface area contributed by atoms with Crippen LogP contribution in [-0.4, -0.2) is 46.3 Å². The Labute approximate surface area is 194 Å². The maximum Gasteiger partial charge on any atom is 0.358 e. The number of esters is 1. The third-order valence-electron chi connectivity index (χ3n) is 6.98. The number of hydrogen-bond acceptors (Lipinski definition) is 5. The number of aromatic nitrogens is 2. The van der Waals surface area contributed by atoms with Gasteiger partial charge in [-0.15, -0.1) is 0 Å². The van der Waals surface area contributed by atoms with Crippen LogP contribution in [0.4, 0.5) is 5.69 Å². The van der Waals surface area contributed by atoms with E-state index in [-0.39, 0.29) is 35.8 Å². The fourth-order valence-corrected chi connectivity index (χ4v) is 4.96. The Kier molecular flexibility index (Phi) is 6.03. The van der Waals surface area contributed by atoms with E-state index in [1.54, 1.807) is 11.8 Å². The number of benzene rings is 1. The Morgan fingerprint density at radius 2 is 1.85 bits per heavy atom. The van der Waals surface area contributed by atoms with Gasteiger partial charge in [0.2, 0.25) is 5.91 Å². The van der Waals surface area contributed by atoms with Crippen molar-refractivity contribution in [3.05, 3.63) is 46.8 Å². The molecule has 1 aromatic heterocycles. The van der Waals surface area contributed by atoms with Gasteiger partial charge in [-0.2, -0.15) is 5.10 Å². The number of anilines is 1. The van der Waals surface area contributed by atoms with Gasteiger partial charge in [-0.05, 0) is 64.0 Å². The summed E-state index contributed by atoms with van der Waals surface area (Å²) in [6, 6.07) is 7.33. The minimum atomic E-state index is -1.22. The molecule has 0 bridgehead atoms. The molecule has 2 aliphatic rings. The van der Waals surface area contributed by atoms with E-state index in [2.05, 4.69) is 17.3 Å². The van der Waals surface area contributed by atoms with Gasteiger partial charge < -0.3 is 10.1 Å². The van der Waals surface area contributed by atoms with Crippen LogP contribution in [0.3, 0.4) is 0 Å². The number of carbonyl (C=O) groups is 3. The minimum Gasteiger partial charge on any atom is -0.464 e. The van der Waals surface area contributed by atoms with E-state index in [0.29, 0.717) is 11.6 Å². The lowest BCUT2D eigenvalue weighted by Crippen LogP contribution is -2.65. The summed E-state index contributed by atoms with van der Waals surface area (Å²) in [4.78, 5) is 41.1. The number of ether oxygens (including phenoxy) is 1. The molecule has 1 N–H and O–H groups in total. The summed E-state index contributed by atoms with van der Waals surface area (Å²) in [5, 5.41) is 7.49. The normalized spacial score (nSPS) is 24.9. The van der Waals surface area contributed by atoms with E-state index in [9.17, 15) is 14.4 Å². The van der Waals surface area contributed by atoms with Crippen LogP contribution >= 0.6 is 0 Å². The van der Waals surface area contributed by atoms with Crippen molar-refractivity contribution in [3.8, 4) is 0 Å². The van der Waals surface area contributed by atoms with Gasteiger partial charge in [0.25, 0.3) is 5.91 Å². The van der Waals surface area contributed by atoms with Crippen LogP contribution in [0.1, 0.15) is 71.6 Å². The second-order valence-corrected chi connectivity index (χ2v) is 9.70. The fourth-order valence-electron chi connectivity index (χ4n) is 4.96. The van der Waals surface area contributed by atoms with Crippen molar-refractivity contribution >= 4 is 23.5 Å². The van der Waals surface area contributed by atoms with Crippen LogP contribution < -0.4 is 10.2 Å². The zero-order valence-corrected chi connectivity index (χ0v) is 20.0. The lowest BCUT2D eigenvalue weighted by atomic mass is 9.86. The lowest BCUT2D eigenvalue weighted by molar-refractivity contribution is -0.127. The zero-order chi connectivity index (χ0) is 23.9. The number of rotatable bonds is 4. The Balaban J connectivity index is 1.76. The molecule has 2 heterocycles. The molecule has 1 aliphatic carbocycles. The third kappa shape index (κ3) is 4.14. The summed E-state index contributed by atoms with van der Waals surface area (Å²) in [5.41, 5.74) is 1.73. The topological polar surface area (TPSA) is 93.5 Å². The van der Waals surface area contributed by atoms with Gasteiger partial charge in [0.15, 0.2) is 5.69 Å². The number of aryl methyl sites for hydroxylation is 2. The first-order chi connectivity index (χ1) is 15.6. The molecular formula is C25H32N4O4. The van der Waals surface area contributed by atoms with E-state index >= 15 is 0 Å². The van der Waals surface area contributed by atoms with Gasteiger partial charge in [-0.3, -0.25) is 19.2 Å². The zero-order valence-electron chi connectivity index (χ0n) is 20.0. The van der Waals surface area contributed by atoms with Crippen molar-refractivity contribution in [1.82, 2.24) is 15.1 Å². The van der Waals surface area contributed by atoms with Crippen molar-refractivity contribution in [3.63, 3.8) is 0 Å². The Hall–Kier alpha value is -3.16. The molecule has 1 saturated carbocycles. The van der Waals surface area contributed by atoms with Crippen LogP contribution in [0.5, 0.6) is 0 Å². The highest BCUT2D eigenvalue weighted by atomic mass is 16.5. The minimum absolute atomic E-state index is 0.0485. The Morgan fingerprint density at radius 1 is 1.15 bits per heavy atom. The molecule has 1 unspecified atom stereocenters. The van der Waals surface area contributed by atoms with Gasteiger partial charge in [0, 0.05) is 17.8 Å². The summed E-state index contributed by atoms with van der Waals surface area (Å²) in [5.74, 6) is -0.535. The van der Waals surface area contributed by atoms with E-state index < -0.39 is 11.5 Å². The average Bonchev–Trinajstić information content (AvgIpc) is 3.20. The van der Waals surface area contributed by atoms with E-state index in [4.69, 9.17) is 4.74 Å². The van der Waals surface area contributed by atoms with Crippen LogP contribution in [0, 0.1) is 19.8 Å². The molecule has 1 aromatic carbocycles. The maximum absolute atomic E-state index is 13.8. The standard InChI is InChI=1S/C25H32N4O4/c1-15-6-9-18(10-7-15)26-24(32)25(4)14-28-21(13-19(27-28)23(31)33-5)22(30)29(25)20-11-8-16(2)12-17(20)3/h8,11-13,15,18H,6-7,9-10,14H2,1-5H3,(H,26,32). The van der Waals surface area contributed by atoms with Crippen LogP contribution in [-0.2, 0) is 16.1 Å². The molecule has 0 saturated heterocycles. The molecule has 176 valence electrons. The first kappa shape index (κ1) is 23.0. The van der Waals surface area contributed by atoms with Gasteiger partial charge in [-0.25, -0.2) is 4.79 Å². The second kappa shape index (κ2) is 8.65. The molecular weight excluding hydrogens is 420 g/mol. The number of nitrogens with zero attached hydrogens (tertiary/aromatic N) is 3. The first-order valence-corrected chi connectivity index (χ1v) is 11.5. The lowest BCUT2D eigenvalue weighted by Gasteiger charge is -2.44. The van der Waals surface area contributed by atoms with Gasteiger partial charge in [0.1, 0.15) is 11.2 Å². The molecule has 1 fully saturated rings. The van der Waals surface area contributed by atoms with Gasteiger partial charge >= 0.3 is 5.97 Å². The van der Waals surface area contributed by atoms with Crippen molar-refractivity contribution in [2.75, 3.05) is 12.0 Å². The SMILES string of the molecule is COC(=O)c1cc2n(n1)CC(C)(C(=O)NC1CCC(C)CC1)N(c1ccc(C)cc1C)C2=O. The number of amides is 2. The quantitative estimate of drug-likeness (QED) is 0.718. The predicted molar refractivity (Wildman–Crippen MR) is 124 cm³/mol. The molecule has 0 spiro atoms. The molecule has 1 atom stereocenters. The van der Waals surface area contributed by atoms with Gasteiger partial charge in [0.05, 0.1) is 13.7 Å². The summed E-state index contributed by atoms with van der Waals surface area (Å²) in [7, 11) is 1.27. The first-order valence-electron chi connectivity index (χ1n) is 11.5. The average molecular weight is 453 g/mol. The third-order valence-corrected chi connectivity index (χ3v) is 6.98. The molecule has 8 nitrogen and oxygen atoms in total. The molecule has 33 heavy (non-hydrogen) atoms. The highest BCUT2D eigenvalue weighted by molar-refractivity contribution is 6.12. The Morgan fingerprint density at radius 3 is 2.48 bits per heavy atom. The number of hydrogen-bond donors (Lipinski definition) is 1. The highest BCUT2D eigenvalue weighted by Gasteiger charge is 2.50. The van der Waals surface area contributed by atoms with Crippen LogP contribution in [0.15, 0.2) is 24.3 Å². The number of methoxy groups -OCH3 is 1. The molecule has 4 rings (SSSR count). The molecule has 2 aromatic rings. The number of nitrogens with one attached hydrogen (secondary N) is 1. The molecule has 0 radical (unpaired) electrons. The van der Waals surface area contributed by atoms with Gasteiger partial charge in [-0.1, -0.05) is 24.6 Å². The molecule has 2 amide bonds. The van der Waals surface area contributed by atoms with Crippen molar-refractivity contribution < 1.29 is 19.1 Å². The van der Waals surface area contributed by atoms with Crippen molar-refractivity contribution in [2.24, 2.45) is 5.92 Å². The Bertz CT molecular complexity index is 1100. The summed E-state index contributed by atoms with van der Waals surface area (Å²) in [6.45, 7) is 8.06. The van der Waals surface area contributed by atoms with E-state index in [0.717, 1.165) is 36.8 Å². The molecule has 8 heteroatoms. The largest absolute Gasteiger partial charge is 0.464 e. The number of carbonyl (C=O) groups excluding carboxylic acids is 3. The van der Waals surface area contributed by atoms with E-state index in [1.165, 1.54) is 17.9 Å².